The molecule has 0 aliphatic carbocycles. The molecule has 2 amide bonds. The number of ether oxygens (including phenoxy) is 1. The summed E-state index contributed by atoms with van der Waals surface area (Å²) in [5.74, 6) is 0.357. The molecule has 0 aromatic heterocycles. The molecule has 30 heavy (non-hydrogen) atoms. The van der Waals surface area contributed by atoms with Gasteiger partial charge >= 0.3 is 0 Å². The molecule has 3 aromatic carbocycles. The summed E-state index contributed by atoms with van der Waals surface area (Å²) in [5.41, 5.74) is 1.13. The standard InChI is InChI=1S/C25H24N2O3/c1-4-13-27-21-15-20(11-12-22(21)30-16-25(2,3)24(27)29)26-23(28)19-10-9-17-7-5-6-8-18(17)14-19/h4-12,14-15H,1,13,16H2,2-3H3,(H,26,28). The van der Waals surface area contributed by atoms with Crippen molar-refractivity contribution in [2.45, 2.75) is 13.8 Å². The minimum absolute atomic E-state index is 0.0424. The van der Waals surface area contributed by atoms with E-state index in [0.717, 1.165) is 10.8 Å². The van der Waals surface area contributed by atoms with Crippen LogP contribution in [0.2, 0.25) is 0 Å². The number of hydrogen-bond donors (Lipinski definition) is 1. The molecule has 4 rings (SSSR count). The summed E-state index contributed by atoms with van der Waals surface area (Å²) in [4.78, 5) is 27.5. The maximum atomic E-state index is 13.0. The highest BCUT2D eigenvalue weighted by Gasteiger charge is 2.37. The Hall–Kier alpha value is -3.60. The van der Waals surface area contributed by atoms with Crippen LogP contribution in [0.25, 0.3) is 10.8 Å². The lowest BCUT2D eigenvalue weighted by Crippen LogP contribution is -2.42. The molecule has 5 heteroatoms. The number of amides is 2. The average Bonchev–Trinajstić information content (AvgIpc) is 2.84. The molecule has 1 N–H and O–H groups in total. The highest BCUT2D eigenvalue weighted by molar-refractivity contribution is 6.07. The highest BCUT2D eigenvalue weighted by Crippen LogP contribution is 2.38. The van der Waals surface area contributed by atoms with Gasteiger partial charge in [-0.15, -0.1) is 6.58 Å². The topological polar surface area (TPSA) is 58.6 Å². The van der Waals surface area contributed by atoms with Crippen LogP contribution >= 0.6 is 0 Å². The molecule has 0 bridgehead atoms. The molecule has 152 valence electrons. The molecule has 0 radical (unpaired) electrons. The Kier molecular flexibility index (Phi) is 5.04. The molecule has 0 spiro atoms. The molecule has 1 aliphatic rings. The number of hydrogen-bond acceptors (Lipinski definition) is 3. The van der Waals surface area contributed by atoms with Gasteiger partial charge in [0, 0.05) is 17.8 Å². The van der Waals surface area contributed by atoms with Crippen molar-refractivity contribution >= 4 is 34.0 Å². The van der Waals surface area contributed by atoms with E-state index in [4.69, 9.17) is 4.74 Å². The van der Waals surface area contributed by atoms with Gasteiger partial charge in [0.05, 0.1) is 11.1 Å². The van der Waals surface area contributed by atoms with Crippen LogP contribution in [0.5, 0.6) is 5.75 Å². The average molecular weight is 400 g/mol. The van der Waals surface area contributed by atoms with E-state index in [0.29, 0.717) is 29.2 Å². The number of nitrogens with zero attached hydrogens (tertiary/aromatic N) is 1. The van der Waals surface area contributed by atoms with E-state index < -0.39 is 5.41 Å². The monoisotopic (exact) mass is 400 g/mol. The summed E-state index contributed by atoms with van der Waals surface area (Å²) in [6.07, 6.45) is 1.68. The third-order valence-corrected chi connectivity index (χ3v) is 5.24. The lowest BCUT2D eigenvalue weighted by atomic mass is 9.93. The van der Waals surface area contributed by atoms with E-state index in [2.05, 4.69) is 11.9 Å². The van der Waals surface area contributed by atoms with Crippen molar-refractivity contribution in [3.05, 3.63) is 78.9 Å². The molecular formula is C25H24N2O3. The van der Waals surface area contributed by atoms with Gasteiger partial charge in [0.1, 0.15) is 12.4 Å². The Morgan fingerprint density at radius 3 is 2.67 bits per heavy atom. The number of fused-ring (bicyclic) bond motifs is 2. The smallest absolute Gasteiger partial charge is 0.255 e. The molecule has 3 aromatic rings. The summed E-state index contributed by atoms with van der Waals surface area (Å²) in [7, 11) is 0. The second kappa shape index (κ2) is 7.67. The van der Waals surface area contributed by atoms with Gasteiger partial charge < -0.3 is 15.0 Å². The van der Waals surface area contributed by atoms with Gasteiger partial charge in [-0.3, -0.25) is 9.59 Å². The first-order valence-electron chi connectivity index (χ1n) is 9.89. The Morgan fingerprint density at radius 2 is 1.90 bits per heavy atom. The largest absolute Gasteiger partial charge is 0.490 e. The third kappa shape index (κ3) is 3.66. The van der Waals surface area contributed by atoms with Gasteiger partial charge in [-0.25, -0.2) is 0 Å². The molecule has 0 saturated heterocycles. The van der Waals surface area contributed by atoms with Crippen molar-refractivity contribution in [1.82, 2.24) is 0 Å². The van der Waals surface area contributed by atoms with Crippen molar-refractivity contribution in [3.63, 3.8) is 0 Å². The Morgan fingerprint density at radius 1 is 1.13 bits per heavy atom. The number of rotatable bonds is 4. The Bertz CT molecular complexity index is 1150. The molecule has 1 aliphatic heterocycles. The molecule has 1 heterocycles. The molecule has 0 unspecified atom stereocenters. The molecule has 0 saturated carbocycles. The van der Waals surface area contributed by atoms with Crippen molar-refractivity contribution < 1.29 is 14.3 Å². The molecular weight excluding hydrogens is 376 g/mol. The van der Waals surface area contributed by atoms with Gasteiger partial charge in [-0.05, 0) is 55.0 Å². The van der Waals surface area contributed by atoms with Gasteiger partial charge in [-0.1, -0.05) is 36.4 Å². The van der Waals surface area contributed by atoms with Gasteiger partial charge in [0.2, 0.25) is 5.91 Å². The van der Waals surface area contributed by atoms with Crippen LogP contribution in [0.3, 0.4) is 0 Å². The number of anilines is 2. The zero-order chi connectivity index (χ0) is 21.3. The van der Waals surface area contributed by atoms with E-state index >= 15 is 0 Å². The number of benzene rings is 3. The van der Waals surface area contributed by atoms with E-state index in [1.165, 1.54) is 0 Å². The van der Waals surface area contributed by atoms with Crippen molar-refractivity contribution in [2.24, 2.45) is 5.41 Å². The fourth-order valence-corrected chi connectivity index (χ4v) is 3.57. The predicted molar refractivity (Wildman–Crippen MR) is 120 cm³/mol. The van der Waals surface area contributed by atoms with Crippen LogP contribution < -0.4 is 15.0 Å². The van der Waals surface area contributed by atoms with E-state index in [-0.39, 0.29) is 18.4 Å². The minimum atomic E-state index is -0.656. The fraction of sp³-hybridized carbons (Fsp3) is 0.200. The molecule has 5 nitrogen and oxygen atoms in total. The van der Waals surface area contributed by atoms with Crippen molar-refractivity contribution in [2.75, 3.05) is 23.4 Å². The van der Waals surface area contributed by atoms with Crippen LogP contribution in [0.1, 0.15) is 24.2 Å². The van der Waals surface area contributed by atoms with Crippen LogP contribution in [0.15, 0.2) is 73.3 Å². The van der Waals surface area contributed by atoms with Crippen molar-refractivity contribution in [3.8, 4) is 5.75 Å². The van der Waals surface area contributed by atoms with E-state index in [9.17, 15) is 9.59 Å². The van der Waals surface area contributed by atoms with Crippen LogP contribution in [-0.2, 0) is 4.79 Å². The van der Waals surface area contributed by atoms with E-state index in [1.54, 1.807) is 35.2 Å². The lowest BCUT2D eigenvalue weighted by molar-refractivity contribution is -0.127. The quantitative estimate of drug-likeness (QED) is 0.625. The van der Waals surface area contributed by atoms with Crippen LogP contribution in [0, 0.1) is 5.41 Å². The summed E-state index contributed by atoms with van der Waals surface area (Å²) in [6.45, 7) is 8.14. The minimum Gasteiger partial charge on any atom is -0.490 e. The van der Waals surface area contributed by atoms with Gasteiger partial charge in [0.25, 0.3) is 5.91 Å². The molecule has 0 fully saturated rings. The third-order valence-electron chi connectivity index (χ3n) is 5.24. The Labute approximate surface area is 176 Å². The maximum absolute atomic E-state index is 13.0. The normalized spacial score (nSPS) is 15.1. The highest BCUT2D eigenvalue weighted by atomic mass is 16.5. The van der Waals surface area contributed by atoms with Crippen LogP contribution in [-0.4, -0.2) is 25.0 Å². The first-order chi connectivity index (χ1) is 14.4. The number of carbonyl (C=O) groups is 2. The Balaban J connectivity index is 1.64. The summed E-state index contributed by atoms with van der Waals surface area (Å²) in [6, 6.07) is 18.9. The zero-order valence-corrected chi connectivity index (χ0v) is 17.1. The van der Waals surface area contributed by atoms with Crippen molar-refractivity contribution in [1.29, 1.82) is 0 Å². The summed E-state index contributed by atoms with van der Waals surface area (Å²) in [5, 5.41) is 5.02. The second-order valence-corrected chi connectivity index (χ2v) is 8.08. The first-order valence-corrected chi connectivity index (χ1v) is 9.89. The predicted octanol–water partition coefficient (Wildman–Crippen LogP) is 5.03. The zero-order valence-electron chi connectivity index (χ0n) is 17.1. The summed E-state index contributed by atoms with van der Waals surface area (Å²) < 4.78 is 5.89. The van der Waals surface area contributed by atoms with Gasteiger partial charge in [0.15, 0.2) is 0 Å². The summed E-state index contributed by atoms with van der Waals surface area (Å²) >= 11 is 0. The van der Waals surface area contributed by atoms with E-state index in [1.807, 2.05) is 50.2 Å². The SMILES string of the molecule is C=CCN1C(=O)C(C)(C)COc2ccc(NC(=O)c3ccc4ccccc4c3)cc21. The first kappa shape index (κ1) is 19.7. The maximum Gasteiger partial charge on any atom is 0.255 e. The lowest BCUT2D eigenvalue weighted by Gasteiger charge is -2.27. The van der Waals surface area contributed by atoms with Gasteiger partial charge in [-0.2, -0.15) is 0 Å². The fourth-order valence-electron chi connectivity index (χ4n) is 3.57. The molecule has 0 atom stereocenters. The number of carbonyl (C=O) groups excluding carboxylic acids is 2. The number of nitrogens with one attached hydrogen (secondary N) is 1. The van der Waals surface area contributed by atoms with Crippen LogP contribution in [0.4, 0.5) is 11.4 Å². The second-order valence-electron chi connectivity index (χ2n) is 8.08.